The van der Waals surface area contributed by atoms with Crippen LogP contribution in [0.2, 0.25) is 5.02 Å². The SMILES string of the molecule is CC(=NN(C(N)=S)c1ccc(Br)c(C)c1)c1cc(Cl)ccc1O. The first-order valence-electron chi connectivity index (χ1n) is 6.69. The Kier molecular flexibility index (Phi) is 5.62. The number of benzene rings is 2. The first-order valence-corrected chi connectivity index (χ1v) is 8.27. The molecule has 2 rings (SSSR count). The van der Waals surface area contributed by atoms with E-state index < -0.39 is 0 Å². The fraction of sp³-hybridized carbons (Fsp3) is 0.125. The standard InChI is InChI=1S/C16H15BrClN3OS/c1-9-7-12(4-5-14(9)17)21(16(19)23)20-10(2)13-8-11(18)3-6-15(13)22/h3-8,22H,1-2H3,(H2,19,23). The van der Waals surface area contributed by atoms with Gasteiger partial charge in [0.25, 0.3) is 0 Å². The number of phenols is 1. The minimum absolute atomic E-state index is 0.0885. The van der Waals surface area contributed by atoms with E-state index in [-0.39, 0.29) is 10.9 Å². The van der Waals surface area contributed by atoms with Crippen molar-refractivity contribution in [3.05, 3.63) is 57.0 Å². The van der Waals surface area contributed by atoms with E-state index in [2.05, 4.69) is 21.0 Å². The molecule has 23 heavy (non-hydrogen) atoms. The summed E-state index contributed by atoms with van der Waals surface area (Å²) >= 11 is 14.5. The first kappa shape index (κ1) is 17.7. The molecule has 0 unspecified atom stereocenters. The van der Waals surface area contributed by atoms with E-state index in [9.17, 15) is 5.11 Å². The van der Waals surface area contributed by atoms with Gasteiger partial charge >= 0.3 is 0 Å². The zero-order valence-electron chi connectivity index (χ0n) is 12.5. The van der Waals surface area contributed by atoms with E-state index in [4.69, 9.17) is 29.6 Å². The molecule has 120 valence electrons. The smallest absolute Gasteiger partial charge is 0.191 e. The number of nitrogens with two attached hydrogens (primary N) is 1. The number of aromatic hydroxyl groups is 1. The Morgan fingerprint density at radius 2 is 2.00 bits per heavy atom. The van der Waals surface area contributed by atoms with Crippen LogP contribution < -0.4 is 10.7 Å². The molecule has 3 N–H and O–H groups in total. The molecule has 0 amide bonds. The molecule has 0 radical (unpaired) electrons. The van der Waals surface area contributed by atoms with Crippen LogP contribution in [-0.2, 0) is 0 Å². The fourth-order valence-corrected chi connectivity index (χ4v) is 2.56. The van der Waals surface area contributed by atoms with Gasteiger partial charge in [-0.15, -0.1) is 0 Å². The van der Waals surface area contributed by atoms with Gasteiger partial charge in [-0.3, -0.25) is 0 Å². The molecule has 0 heterocycles. The largest absolute Gasteiger partial charge is 0.507 e. The lowest BCUT2D eigenvalue weighted by Crippen LogP contribution is -2.32. The summed E-state index contributed by atoms with van der Waals surface area (Å²) in [6.45, 7) is 3.72. The highest BCUT2D eigenvalue weighted by molar-refractivity contribution is 9.10. The highest BCUT2D eigenvalue weighted by atomic mass is 79.9. The first-order chi connectivity index (χ1) is 10.8. The Labute approximate surface area is 153 Å². The lowest BCUT2D eigenvalue weighted by Gasteiger charge is -2.19. The van der Waals surface area contributed by atoms with Crippen molar-refractivity contribution in [2.75, 3.05) is 5.01 Å². The Hall–Kier alpha value is -1.63. The molecule has 0 fully saturated rings. The van der Waals surface area contributed by atoms with E-state index in [1.165, 1.54) is 11.1 Å². The maximum Gasteiger partial charge on any atom is 0.191 e. The third kappa shape index (κ3) is 4.22. The summed E-state index contributed by atoms with van der Waals surface area (Å²) in [6.07, 6.45) is 0. The van der Waals surface area contributed by atoms with Gasteiger partial charge in [-0.05, 0) is 68.0 Å². The molecule has 7 heteroatoms. The molecule has 0 aliphatic rings. The molecule has 2 aromatic rings. The number of anilines is 1. The Morgan fingerprint density at radius 1 is 1.30 bits per heavy atom. The lowest BCUT2D eigenvalue weighted by atomic mass is 10.1. The summed E-state index contributed by atoms with van der Waals surface area (Å²) < 4.78 is 0.984. The second kappa shape index (κ2) is 7.29. The van der Waals surface area contributed by atoms with Crippen LogP contribution in [0.4, 0.5) is 5.69 Å². The average Bonchev–Trinajstić information content (AvgIpc) is 2.49. The van der Waals surface area contributed by atoms with Crippen molar-refractivity contribution in [3.8, 4) is 5.75 Å². The number of rotatable bonds is 3. The molecular formula is C16H15BrClN3OS. The van der Waals surface area contributed by atoms with Gasteiger partial charge in [-0.2, -0.15) is 5.10 Å². The van der Waals surface area contributed by atoms with Gasteiger partial charge in [-0.1, -0.05) is 27.5 Å². The van der Waals surface area contributed by atoms with Crippen molar-refractivity contribution < 1.29 is 5.11 Å². The number of hydrogen-bond donors (Lipinski definition) is 2. The number of nitrogens with zero attached hydrogens (tertiary/aromatic N) is 2. The molecule has 0 spiro atoms. The van der Waals surface area contributed by atoms with Crippen molar-refractivity contribution in [3.63, 3.8) is 0 Å². The minimum Gasteiger partial charge on any atom is -0.507 e. The van der Waals surface area contributed by atoms with E-state index in [0.717, 1.165) is 15.7 Å². The van der Waals surface area contributed by atoms with Gasteiger partial charge in [0.15, 0.2) is 5.11 Å². The maximum atomic E-state index is 9.98. The number of hydrazone groups is 1. The minimum atomic E-state index is 0.0885. The zero-order valence-corrected chi connectivity index (χ0v) is 15.7. The molecule has 0 saturated heterocycles. The number of halogens is 2. The van der Waals surface area contributed by atoms with E-state index in [0.29, 0.717) is 16.3 Å². The zero-order chi connectivity index (χ0) is 17.1. The van der Waals surface area contributed by atoms with E-state index in [1.807, 2.05) is 25.1 Å². The fourth-order valence-electron chi connectivity index (χ4n) is 2.00. The molecule has 0 atom stereocenters. The highest BCUT2D eigenvalue weighted by Gasteiger charge is 2.13. The third-order valence-electron chi connectivity index (χ3n) is 3.19. The Morgan fingerprint density at radius 3 is 2.61 bits per heavy atom. The van der Waals surface area contributed by atoms with Gasteiger partial charge in [0.2, 0.25) is 0 Å². The van der Waals surface area contributed by atoms with Crippen molar-refractivity contribution >= 4 is 56.3 Å². The third-order valence-corrected chi connectivity index (χ3v) is 4.49. The molecule has 0 bridgehead atoms. The molecule has 2 aromatic carbocycles. The summed E-state index contributed by atoms with van der Waals surface area (Å²) in [5.74, 6) is 0.0885. The van der Waals surface area contributed by atoms with Gasteiger partial charge in [0, 0.05) is 15.1 Å². The monoisotopic (exact) mass is 411 g/mol. The topological polar surface area (TPSA) is 61.8 Å². The molecule has 4 nitrogen and oxygen atoms in total. The van der Waals surface area contributed by atoms with Crippen LogP contribution >= 0.6 is 39.7 Å². The second-order valence-electron chi connectivity index (χ2n) is 4.93. The van der Waals surface area contributed by atoms with Crippen LogP contribution in [0.15, 0.2) is 46.0 Å². The number of phenolic OH excluding ortho intramolecular Hbond substituents is 1. The predicted octanol–water partition coefficient (Wildman–Crippen LogP) is 4.59. The summed E-state index contributed by atoms with van der Waals surface area (Å²) in [4.78, 5) is 0. The quantitative estimate of drug-likeness (QED) is 0.440. The molecule has 0 aromatic heterocycles. The van der Waals surface area contributed by atoms with Crippen molar-refractivity contribution in [2.24, 2.45) is 10.8 Å². The van der Waals surface area contributed by atoms with Crippen molar-refractivity contribution in [2.45, 2.75) is 13.8 Å². The van der Waals surface area contributed by atoms with Crippen LogP contribution in [0.3, 0.4) is 0 Å². The Balaban J connectivity index is 2.47. The van der Waals surface area contributed by atoms with Gasteiger partial charge in [-0.25, -0.2) is 5.01 Å². The summed E-state index contributed by atoms with van der Waals surface area (Å²) in [7, 11) is 0. The van der Waals surface area contributed by atoms with E-state index in [1.54, 1.807) is 19.1 Å². The van der Waals surface area contributed by atoms with Crippen LogP contribution in [0.25, 0.3) is 0 Å². The molecular weight excluding hydrogens is 398 g/mol. The maximum absolute atomic E-state index is 9.98. The summed E-state index contributed by atoms with van der Waals surface area (Å²) in [6, 6.07) is 10.4. The summed E-state index contributed by atoms with van der Waals surface area (Å²) in [5, 5.41) is 16.5. The Bertz CT molecular complexity index is 795. The molecule has 0 aliphatic carbocycles. The summed E-state index contributed by atoms with van der Waals surface area (Å²) in [5.41, 5.74) is 8.63. The van der Waals surface area contributed by atoms with Crippen molar-refractivity contribution in [1.29, 1.82) is 0 Å². The molecule has 0 aliphatic heterocycles. The number of aryl methyl sites for hydroxylation is 1. The lowest BCUT2D eigenvalue weighted by molar-refractivity contribution is 0.474. The number of thiocarbonyl (C=S) groups is 1. The van der Waals surface area contributed by atoms with Crippen molar-refractivity contribution in [1.82, 2.24) is 0 Å². The van der Waals surface area contributed by atoms with Gasteiger partial charge in [0.1, 0.15) is 5.75 Å². The molecule has 0 saturated carbocycles. The second-order valence-corrected chi connectivity index (χ2v) is 6.64. The highest BCUT2D eigenvalue weighted by Crippen LogP contribution is 2.25. The normalized spacial score (nSPS) is 11.4. The number of hydrogen-bond acceptors (Lipinski definition) is 3. The van der Waals surface area contributed by atoms with Crippen LogP contribution in [0.1, 0.15) is 18.1 Å². The van der Waals surface area contributed by atoms with Gasteiger partial charge < -0.3 is 10.8 Å². The van der Waals surface area contributed by atoms with Crippen LogP contribution in [0.5, 0.6) is 5.75 Å². The van der Waals surface area contributed by atoms with Crippen LogP contribution in [-0.4, -0.2) is 15.9 Å². The predicted molar refractivity (Wildman–Crippen MR) is 103 cm³/mol. The average molecular weight is 413 g/mol. The van der Waals surface area contributed by atoms with Gasteiger partial charge in [0.05, 0.1) is 11.4 Å². The van der Waals surface area contributed by atoms with E-state index >= 15 is 0 Å². The van der Waals surface area contributed by atoms with Crippen LogP contribution in [0, 0.1) is 6.92 Å².